The Morgan fingerprint density at radius 1 is 1.21 bits per heavy atom. The van der Waals surface area contributed by atoms with Gasteiger partial charge in [-0.25, -0.2) is 14.6 Å². The lowest BCUT2D eigenvalue weighted by molar-refractivity contribution is 0.0910. The van der Waals surface area contributed by atoms with Crippen molar-refractivity contribution in [2.45, 2.75) is 32.7 Å². The fraction of sp³-hybridized carbons (Fsp3) is 0.292. The van der Waals surface area contributed by atoms with Crippen LogP contribution >= 0.6 is 11.3 Å². The molecule has 1 N–H and O–H groups in total. The fourth-order valence-corrected chi connectivity index (χ4v) is 4.34. The quantitative estimate of drug-likeness (QED) is 0.426. The van der Waals surface area contributed by atoms with Crippen LogP contribution in [0.15, 0.2) is 54.4 Å². The van der Waals surface area contributed by atoms with Gasteiger partial charge in [0.25, 0.3) is 11.9 Å². The standard InChI is InChI=1S/C24H26N6O2S/c1-16-14-26-23(28-21(16)20-6-5-13-33-20)30-19(9-12-32-4)18(15-27-30)22(31)29-24(2,3)17-7-10-25-11-8-17/h5-8,10-11,13-15H,9,12H2,1-4H3,(H,29,31). The molecule has 0 atom stereocenters. The summed E-state index contributed by atoms with van der Waals surface area (Å²) < 4.78 is 6.92. The molecule has 0 saturated carbocycles. The summed E-state index contributed by atoms with van der Waals surface area (Å²) >= 11 is 1.62. The van der Waals surface area contributed by atoms with E-state index in [0.717, 1.165) is 21.7 Å². The Morgan fingerprint density at radius 3 is 2.70 bits per heavy atom. The van der Waals surface area contributed by atoms with Crippen molar-refractivity contribution in [3.05, 3.63) is 76.8 Å². The smallest absolute Gasteiger partial charge is 0.255 e. The number of ether oxygens (including phenoxy) is 1. The highest BCUT2D eigenvalue weighted by atomic mass is 32.1. The van der Waals surface area contributed by atoms with E-state index in [0.29, 0.717) is 30.2 Å². The van der Waals surface area contributed by atoms with Crippen molar-refractivity contribution in [1.29, 1.82) is 0 Å². The Morgan fingerprint density at radius 2 is 2.00 bits per heavy atom. The number of carbonyl (C=O) groups is 1. The number of rotatable bonds is 8. The molecule has 0 aliphatic heterocycles. The van der Waals surface area contributed by atoms with Crippen LogP contribution in [0.25, 0.3) is 16.5 Å². The summed E-state index contributed by atoms with van der Waals surface area (Å²) in [6.45, 7) is 6.32. The van der Waals surface area contributed by atoms with Gasteiger partial charge < -0.3 is 10.1 Å². The number of hydrogen-bond acceptors (Lipinski definition) is 7. The zero-order valence-corrected chi connectivity index (χ0v) is 19.9. The Balaban J connectivity index is 1.70. The van der Waals surface area contributed by atoms with Crippen LogP contribution in [0, 0.1) is 6.92 Å². The predicted octanol–water partition coefficient (Wildman–Crippen LogP) is 3.95. The third-order valence-electron chi connectivity index (χ3n) is 5.39. The maximum Gasteiger partial charge on any atom is 0.255 e. The van der Waals surface area contributed by atoms with Crippen molar-refractivity contribution >= 4 is 17.2 Å². The number of aromatic nitrogens is 5. The van der Waals surface area contributed by atoms with Crippen LogP contribution in [0.4, 0.5) is 0 Å². The second-order valence-corrected chi connectivity index (χ2v) is 9.10. The van der Waals surface area contributed by atoms with Gasteiger partial charge in [-0.05, 0) is 55.5 Å². The van der Waals surface area contributed by atoms with E-state index in [-0.39, 0.29) is 5.91 Å². The largest absolute Gasteiger partial charge is 0.384 e. The zero-order chi connectivity index (χ0) is 23.4. The first-order chi connectivity index (χ1) is 15.9. The number of nitrogens with one attached hydrogen (secondary N) is 1. The van der Waals surface area contributed by atoms with Crippen LogP contribution in [0.2, 0.25) is 0 Å². The van der Waals surface area contributed by atoms with Crippen molar-refractivity contribution in [3.63, 3.8) is 0 Å². The molecule has 1 amide bonds. The van der Waals surface area contributed by atoms with E-state index in [9.17, 15) is 4.79 Å². The zero-order valence-electron chi connectivity index (χ0n) is 19.1. The highest BCUT2D eigenvalue weighted by Gasteiger charge is 2.27. The molecule has 0 radical (unpaired) electrons. The lowest BCUT2D eigenvalue weighted by Crippen LogP contribution is -2.41. The molecule has 8 nitrogen and oxygen atoms in total. The van der Waals surface area contributed by atoms with Gasteiger partial charge in [0.2, 0.25) is 0 Å². The molecule has 170 valence electrons. The van der Waals surface area contributed by atoms with Gasteiger partial charge in [0, 0.05) is 32.1 Å². The van der Waals surface area contributed by atoms with E-state index in [2.05, 4.69) is 20.4 Å². The summed E-state index contributed by atoms with van der Waals surface area (Å²) in [6.07, 6.45) is 7.26. The SMILES string of the molecule is COCCc1c(C(=O)NC(C)(C)c2ccncc2)cnn1-c1ncc(C)c(-c2cccs2)n1. The Kier molecular flexibility index (Phi) is 6.62. The van der Waals surface area contributed by atoms with Gasteiger partial charge in [-0.15, -0.1) is 11.3 Å². The number of methoxy groups -OCH3 is 1. The Labute approximate surface area is 196 Å². The first-order valence-corrected chi connectivity index (χ1v) is 11.5. The average molecular weight is 463 g/mol. The van der Waals surface area contributed by atoms with Gasteiger partial charge in [-0.1, -0.05) is 6.07 Å². The van der Waals surface area contributed by atoms with Gasteiger partial charge in [0.15, 0.2) is 0 Å². The second-order valence-electron chi connectivity index (χ2n) is 8.15. The third-order valence-corrected chi connectivity index (χ3v) is 6.26. The number of thiophene rings is 1. The minimum absolute atomic E-state index is 0.222. The average Bonchev–Trinajstić information content (AvgIpc) is 3.49. The molecule has 9 heteroatoms. The molecular weight excluding hydrogens is 436 g/mol. The van der Waals surface area contributed by atoms with Crippen molar-refractivity contribution in [2.24, 2.45) is 0 Å². The molecule has 33 heavy (non-hydrogen) atoms. The summed E-state index contributed by atoms with van der Waals surface area (Å²) in [4.78, 5) is 27.7. The van der Waals surface area contributed by atoms with Crippen LogP contribution in [0.3, 0.4) is 0 Å². The molecule has 0 aliphatic rings. The number of aryl methyl sites for hydroxylation is 1. The Hall–Kier alpha value is -3.43. The lowest BCUT2D eigenvalue weighted by atomic mass is 9.95. The van der Waals surface area contributed by atoms with E-state index in [1.54, 1.807) is 47.9 Å². The van der Waals surface area contributed by atoms with Gasteiger partial charge in [-0.2, -0.15) is 5.10 Å². The van der Waals surface area contributed by atoms with Gasteiger partial charge in [-0.3, -0.25) is 9.78 Å². The molecule has 0 aromatic carbocycles. The second kappa shape index (κ2) is 9.60. The monoisotopic (exact) mass is 462 g/mol. The predicted molar refractivity (Wildman–Crippen MR) is 128 cm³/mol. The van der Waals surface area contributed by atoms with Crippen LogP contribution in [-0.4, -0.2) is 44.4 Å². The van der Waals surface area contributed by atoms with Gasteiger partial charge in [0.1, 0.15) is 0 Å². The molecule has 4 heterocycles. The molecule has 4 aromatic rings. The molecule has 0 spiro atoms. The van der Waals surface area contributed by atoms with Crippen molar-refractivity contribution in [1.82, 2.24) is 30.0 Å². The number of carbonyl (C=O) groups excluding carboxylic acids is 1. The van der Waals surface area contributed by atoms with E-state index in [1.165, 1.54) is 0 Å². The maximum absolute atomic E-state index is 13.3. The van der Waals surface area contributed by atoms with E-state index < -0.39 is 5.54 Å². The van der Waals surface area contributed by atoms with Crippen molar-refractivity contribution in [2.75, 3.05) is 13.7 Å². The molecule has 0 unspecified atom stereocenters. The molecule has 4 rings (SSSR count). The summed E-state index contributed by atoms with van der Waals surface area (Å²) in [7, 11) is 1.63. The third kappa shape index (κ3) is 4.84. The maximum atomic E-state index is 13.3. The van der Waals surface area contributed by atoms with Gasteiger partial charge in [0.05, 0.1) is 40.2 Å². The molecule has 0 bridgehead atoms. The minimum Gasteiger partial charge on any atom is -0.384 e. The van der Waals surface area contributed by atoms with E-state index in [1.807, 2.05) is 50.4 Å². The van der Waals surface area contributed by atoms with Crippen LogP contribution in [-0.2, 0) is 16.7 Å². The van der Waals surface area contributed by atoms with E-state index in [4.69, 9.17) is 9.72 Å². The van der Waals surface area contributed by atoms with Crippen molar-refractivity contribution in [3.8, 4) is 16.5 Å². The highest BCUT2D eigenvalue weighted by molar-refractivity contribution is 7.13. The number of nitrogens with zero attached hydrogens (tertiary/aromatic N) is 5. The number of amides is 1. The first-order valence-electron chi connectivity index (χ1n) is 10.6. The van der Waals surface area contributed by atoms with Crippen LogP contribution < -0.4 is 5.32 Å². The molecular formula is C24H26N6O2S. The lowest BCUT2D eigenvalue weighted by Gasteiger charge is -2.26. The molecule has 0 fully saturated rings. The number of pyridine rings is 1. The van der Waals surface area contributed by atoms with Crippen LogP contribution in [0.1, 0.15) is 41.0 Å². The summed E-state index contributed by atoms with van der Waals surface area (Å²) in [5.41, 5.74) is 3.36. The Bertz CT molecular complexity index is 1240. The van der Waals surface area contributed by atoms with Crippen LogP contribution in [0.5, 0.6) is 0 Å². The first kappa shape index (κ1) is 22.8. The molecule has 0 aliphatic carbocycles. The topological polar surface area (TPSA) is 94.8 Å². The fourth-order valence-electron chi connectivity index (χ4n) is 3.56. The van der Waals surface area contributed by atoms with Crippen molar-refractivity contribution < 1.29 is 9.53 Å². The summed E-state index contributed by atoms with van der Waals surface area (Å²) in [6, 6.07) is 7.80. The van der Waals surface area contributed by atoms with Gasteiger partial charge >= 0.3 is 0 Å². The molecule has 4 aromatic heterocycles. The summed E-state index contributed by atoms with van der Waals surface area (Å²) in [5, 5.41) is 9.61. The minimum atomic E-state index is -0.590. The highest BCUT2D eigenvalue weighted by Crippen LogP contribution is 2.27. The molecule has 0 saturated heterocycles. The summed E-state index contributed by atoms with van der Waals surface area (Å²) in [5.74, 6) is 0.197. The normalized spacial score (nSPS) is 11.5. The number of hydrogen-bond donors (Lipinski definition) is 1. The van der Waals surface area contributed by atoms with E-state index >= 15 is 0 Å².